The van der Waals surface area contributed by atoms with Gasteiger partial charge in [-0.1, -0.05) is 18.2 Å². The molecule has 0 bridgehead atoms. The average Bonchev–Trinajstić information content (AvgIpc) is 2.56. The molecular weight excluding hydrogens is 195 g/mol. The van der Waals surface area contributed by atoms with E-state index in [2.05, 4.69) is 4.98 Å². The number of nitrogens with two attached hydrogens (primary N) is 1. The molecule has 1 aromatic carbocycles. The van der Waals surface area contributed by atoms with Crippen molar-refractivity contribution in [3.8, 4) is 0 Å². The summed E-state index contributed by atoms with van der Waals surface area (Å²) in [5, 5.41) is 18.7. The van der Waals surface area contributed by atoms with Gasteiger partial charge in [0.05, 0.1) is 11.2 Å². The Morgan fingerprint density at radius 1 is 1.33 bits per heavy atom. The summed E-state index contributed by atoms with van der Waals surface area (Å²) in [5.41, 5.74) is 5.99. The molecule has 0 radical (unpaired) electrons. The fourth-order valence-corrected chi connectivity index (χ4v) is 1.62. The molecule has 0 fully saturated rings. The zero-order chi connectivity index (χ0) is 11.0. The van der Waals surface area contributed by atoms with Crippen molar-refractivity contribution in [1.29, 1.82) is 0 Å². The lowest BCUT2D eigenvalue weighted by Crippen LogP contribution is -2.36. The van der Waals surface area contributed by atoms with Crippen LogP contribution in [0.4, 0.5) is 0 Å². The number of H-pyrrole nitrogens is 1. The first-order valence-electron chi connectivity index (χ1n) is 4.38. The number of rotatable bonds is 2. The van der Waals surface area contributed by atoms with E-state index in [1.807, 2.05) is 0 Å². The van der Waals surface area contributed by atoms with Gasteiger partial charge in [-0.25, -0.2) is 0 Å². The number of carbonyl (C=O) groups excluding carboxylic acids is 1. The molecule has 5 N–H and O–H groups in total. The Morgan fingerprint density at radius 3 is 2.60 bits per heavy atom. The number of aromatic nitrogens is 1. The van der Waals surface area contributed by atoms with Crippen molar-refractivity contribution in [2.24, 2.45) is 5.73 Å². The SMILES string of the molecule is NC(=O)c1c(B(O)O)[nH]c2ccccc12. The molecule has 0 aliphatic carbocycles. The lowest BCUT2D eigenvalue weighted by atomic mass is 9.82. The van der Waals surface area contributed by atoms with E-state index in [1.54, 1.807) is 24.3 Å². The van der Waals surface area contributed by atoms with Gasteiger partial charge in [-0.3, -0.25) is 4.79 Å². The molecule has 0 spiro atoms. The maximum absolute atomic E-state index is 11.2. The van der Waals surface area contributed by atoms with E-state index in [1.165, 1.54) is 0 Å². The van der Waals surface area contributed by atoms with Gasteiger partial charge in [-0.05, 0) is 6.07 Å². The van der Waals surface area contributed by atoms with Crippen LogP contribution in [0.15, 0.2) is 24.3 Å². The molecule has 0 saturated carbocycles. The van der Waals surface area contributed by atoms with Crippen LogP contribution in [-0.2, 0) is 0 Å². The van der Waals surface area contributed by atoms with Crippen LogP contribution < -0.4 is 11.3 Å². The van der Waals surface area contributed by atoms with E-state index < -0.39 is 13.0 Å². The lowest BCUT2D eigenvalue weighted by molar-refractivity contribution is 0.100. The van der Waals surface area contributed by atoms with Gasteiger partial charge in [0.2, 0.25) is 0 Å². The first-order valence-corrected chi connectivity index (χ1v) is 4.38. The largest absolute Gasteiger partial charge is 0.506 e. The van der Waals surface area contributed by atoms with Gasteiger partial charge in [0, 0.05) is 10.9 Å². The number of hydrogen-bond acceptors (Lipinski definition) is 3. The predicted octanol–water partition coefficient (Wildman–Crippen LogP) is -1.05. The van der Waals surface area contributed by atoms with Crippen LogP contribution in [0.2, 0.25) is 0 Å². The second-order valence-corrected chi connectivity index (χ2v) is 3.20. The molecule has 76 valence electrons. The topological polar surface area (TPSA) is 99.3 Å². The van der Waals surface area contributed by atoms with Gasteiger partial charge in [0.1, 0.15) is 0 Å². The maximum atomic E-state index is 11.2. The number of hydrogen-bond donors (Lipinski definition) is 4. The van der Waals surface area contributed by atoms with Gasteiger partial charge >= 0.3 is 7.12 Å². The highest BCUT2D eigenvalue weighted by Crippen LogP contribution is 2.15. The summed E-state index contributed by atoms with van der Waals surface area (Å²) in [7, 11) is -1.74. The molecule has 0 aliphatic heterocycles. The van der Waals surface area contributed by atoms with Crippen molar-refractivity contribution in [2.45, 2.75) is 0 Å². The van der Waals surface area contributed by atoms with Crippen LogP contribution in [0, 0.1) is 0 Å². The molecular formula is C9H9BN2O3. The van der Waals surface area contributed by atoms with E-state index in [0.29, 0.717) is 10.9 Å². The monoisotopic (exact) mass is 204 g/mol. The van der Waals surface area contributed by atoms with Crippen molar-refractivity contribution < 1.29 is 14.8 Å². The van der Waals surface area contributed by atoms with E-state index in [-0.39, 0.29) is 11.2 Å². The second kappa shape index (κ2) is 3.41. The summed E-state index contributed by atoms with van der Waals surface area (Å²) < 4.78 is 0. The molecule has 5 nitrogen and oxygen atoms in total. The number of primary amides is 1. The van der Waals surface area contributed by atoms with Crippen molar-refractivity contribution in [1.82, 2.24) is 4.98 Å². The number of benzene rings is 1. The molecule has 1 amide bonds. The quantitative estimate of drug-likeness (QED) is 0.469. The van der Waals surface area contributed by atoms with Crippen LogP contribution >= 0.6 is 0 Å². The Balaban J connectivity index is 2.80. The number of fused-ring (bicyclic) bond motifs is 1. The number of para-hydroxylation sites is 1. The van der Waals surface area contributed by atoms with E-state index in [4.69, 9.17) is 15.8 Å². The molecule has 1 aromatic heterocycles. The Hall–Kier alpha value is -1.79. The highest BCUT2D eigenvalue weighted by molar-refractivity contribution is 6.60. The molecule has 0 saturated heterocycles. The third kappa shape index (κ3) is 1.49. The Labute approximate surface area is 85.7 Å². The van der Waals surface area contributed by atoms with E-state index >= 15 is 0 Å². The van der Waals surface area contributed by atoms with E-state index in [9.17, 15) is 4.79 Å². The molecule has 15 heavy (non-hydrogen) atoms. The first-order chi connectivity index (χ1) is 7.11. The number of aromatic amines is 1. The summed E-state index contributed by atoms with van der Waals surface area (Å²) in [5.74, 6) is -0.685. The minimum absolute atomic E-state index is 0.0312. The lowest BCUT2D eigenvalue weighted by Gasteiger charge is -1.98. The zero-order valence-corrected chi connectivity index (χ0v) is 7.77. The maximum Gasteiger partial charge on any atom is 0.506 e. The van der Waals surface area contributed by atoms with Crippen molar-refractivity contribution in [3.63, 3.8) is 0 Å². The van der Waals surface area contributed by atoms with Crippen LogP contribution in [0.25, 0.3) is 10.9 Å². The Kier molecular flexibility index (Phi) is 2.22. The van der Waals surface area contributed by atoms with Crippen LogP contribution in [0.5, 0.6) is 0 Å². The third-order valence-corrected chi connectivity index (χ3v) is 2.24. The molecule has 2 aromatic rings. The standard InChI is InChI=1S/C9H9BN2O3/c11-9(13)7-5-3-1-2-4-6(5)12-8(7)10(14)15/h1-4,12,14-15H,(H2,11,13). The van der Waals surface area contributed by atoms with Gasteiger partial charge in [-0.2, -0.15) is 0 Å². The zero-order valence-electron chi connectivity index (χ0n) is 7.77. The van der Waals surface area contributed by atoms with Crippen molar-refractivity contribution in [3.05, 3.63) is 29.8 Å². The number of amides is 1. The molecule has 0 unspecified atom stereocenters. The van der Waals surface area contributed by atoms with Crippen LogP contribution in [0.1, 0.15) is 10.4 Å². The minimum Gasteiger partial charge on any atom is -0.422 e. The molecule has 0 atom stereocenters. The summed E-state index contributed by atoms with van der Waals surface area (Å²) >= 11 is 0. The number of nitrogens with one attached hydrogen (secondary N) is 1. The minimum atomic E-state index is -1.74. The molecule has 0 aliphatic rings. The van der Waals surface area contributed by atoms with Gasteiger partial charge in [0.25, 0.3) is 5.91 Å². The normalized spacial score (nSPS) is 10.5. The highest BCUT2D eigenvalue weighted by Gasteiger charge is 2.23. The second-order valence-electron chi connectivity index (χ2n) is 3.20. The number of carbonyl (C=O) groups is 1. The van der Waals surface area contributed by atoms with Gasteiger partial charge in [0.15, 0.2) is 0 Å². The molecule has 2 rings (SSSR count). The van der Waals surface area contributed by atoms with Gasteiger partial charge < -0.3 is 20.8 Å². The first kappa shape index (κ1) is 9.76. The summed E-state index contributed by atoms with van der Waals surface area (Å²) in [6, 6.07) is 6.94. The average molecular weight is 204 g/mol. The van der Waals surface area contributed by atoms with Gasteiger partial charge in [-0.15, -0.1) is 0 Å². The molecule has 1 heterocycles. The van der Waals surface area contributed by atoms with Crippen molar-refractivity contribution in [2.75, 3.05) is 0 Å². The van der Waals surface area contributed by atoms with Crippen LogP contribution in [-0.4, -0.2) is 28.1 Å². The molecule has 6 heteroatoms. The third-order valence-electron chi connectivity index (χ3n) is 2.24. The van der Waals surface area contributed by atoms with E-state index in [0.717, 1.165) is 0 Å². The highest BCUT2D eigenvalue weighted by atomic mass is 16.4. The predicted molar refractivity (Wildman–Crippen MR) is 56.6 cm³/mol. The summed E-state index contributed by atoms with van der Waals surface area (Å²) in [4.78, 5) is 13.9. The fourth-order valence-electron chi connectivity index (χ4n) is 1.62. The van der Waals surface area contributed by atoms with Crippen LogP contribution in [0.3, 0.4) is 0 Å². The fraction of sp³-hybridized carbons (Fsp3) is 0. The Morgan fingerprint density at radius 2 is 2.00 bits per heavy atom. The summed E-state index contributed by atoms with van der Waals surface area (Å²) in [6.07, 6.45) is 0. The Bertz CT molecular complexity index is 521. The van der Waals surface area contributed by atoms with Crippen molar-refractivity contribution >= 4 is 29.5 Å². The smallest absolute Gasteiger partial charge is 0.422 e. The summed E-state index contributed by atoms with van der Waals surface area (Å²) in [6.45, 7) is 0.